The Hall–Kier alpha value is -3.15. The minimum Gasteiger partial charge on any atom is -0.545 e. The molecule has 1 saturated heterocycles. The lowest BCUT2D eigenvalue weighted by atomic mass is 9.96. The lowest BCUT2D eigenvalue weighted by Crippen LogP contribution is -2.71. The van der Waals surface area contributed by atoms with E-state index in [9.17, 15) is 19.5 Å². The summed E-state index contributed by atoms with van der Waals surface area (Å²) < 4.78 is 0. The summed E-state index contributed by atoms with van der Waals surface area (Å²) in [6, 6.07) is 15.7. The normalized spacial score (nSPS) is 21.9. The number of benzene rings is 2. The third-order valence-corrected chi connectivity index (χ3v) is 4.88. The SMILES string of the molecule is O=C1c2ccccc2N2C(=O)CC[C@@]2(C(=O)[O-])N1Cc1ccccc1. The van der Waals surface area contributed by atoms with Crippen LogP contribution < -0.4 is 10.0 Å². The molecule has 2 aromatic rings. The molecule has 0 bridgehead atoms. The van der Waals surface area contributed by atoms with Crippen molar-refractivity contribution in [2.75, 3.05) is 4.90 Å². The van der Waals surface area contributed by atoms with E-state index in [0.29, 0.717) is 11.3 Å². The van der Waals surface area contributed by atoms with Crippen LogP contribution in [0, 0.1) is 0 Å². The topological polar surface area (TPSA) is 80.8 Å². The Balaban J connectivity index is 1.91. The summed E-state index contributed by atoms with van der Waals surface area (Å²) in [6.07, 6.45) is 0.0714. The van der Waals surface area contributed by atoms with E-state index >= 15 is 0 Å². The van der Waals surface area contributed by atoms with E-state index in [1.54, 1.807) is 24.3 Å². The monoisotopic (exact) mass is 335 g/mol. The summed E-state index contributed by atoms with van der Waals surface area (Å²) in [6.45, 7) is 0.0891. The van der Waals surface area contributed by atoms with Gasteiger partial charge in [0.2, 0.25) is 5.91 Å². The van der Waals surface area contributed by atoms with E-state index in [1.807, 2.05) is 30.3 Å². The summed E-state index contributed by atoms with van der Waals surface area (Å²) >= 11 is 0. The second kappa shape index (κ2) is 5.44. The van der Waals surface area contributed by atoms with E-state index in [0.717, 1.165) is 5.56 Å². The zero-order valence-corrected chi connectivity index (χ0v) is 13.3. The number of hydrogen-bond donors (Lipinski definition) is 0. The maximum atomic E-state index is 13.1. The first kappa shape index (κ1) is 15.4. The van der Waals surface area contributed by atoms with E-state index in [4.69, 9.17) is 0 Å². The molecule has 0 saturated carbocycles. The molecule has 1 atom stereocenters. The van der Waals surface area contributed by atoms with Crippen molar-refractivity contribution in [3.63, 3.8) is 0 Å². The fraction of sp³-hybridized carbons (Fsp3) is 0.211. The van der Waals surface area contributed by atoms with Crippen LogP contribution in [0.3, 0.4) is 0 Å². The van der Waals surface area contributed by atoms with Crippen LogP contribution in [-0.2, 0) is 16.1 Å². The predicted octanol–water partition coefficient (Wildman–Crippen LogP) is 0.916. The summed E-state index contributed by atoms with van der Waals surface area (Å²) in [5.74, 6) is -2.16. The van der Waals surface area contributed by atoms with Gasteiger partial charge in [-0.2, -0.15) is 0 Å². The number of aliphatic carboxylic acids is 1. The van der Waals surface area contributed by atoms with Gasteiger partial charge in [0.25, 0.3) is 5.91 Å². The molecule has 2 aliphatic heterocycles. The van der Waals surface area contributed by atoms with Gasteiger partial charge in [-0.15, -0.1) is 0 Å². The highest BCUT2D eigenvalue weighted by molar-refractivity contribution is 6.15. The Morgan fingerprint density at radius 2 is 1.72 bits per heavy atom. The fourth-order valence-electron chi connectivity index (χ4n) is 3.74. The molecule has 0 spiro atoms. The van der Waals surface area contributed by atoms with Gasteiger partial charge in [0.15, 0.2) is 5.66 Å². The number of hydrogen-bond acceptors (Lipinski definition) is 4. The number of rotatable bonds is 3. The van der Waals surface area contributed by atoms with Crippen LogP contribution in [0.15, 0.2) is 54.6 Å². The number of anilines is 1. The average Bonchev–Trinajstić information content (AvgIpc) is 2.98. The number of amides is 2. The number of carboxylic acid groups (broad SMARTS) is 1. The molecule has 126 valence electrons. The molecule has 1 fully saturated rings. The largest absolute Gasteiger partial charge is 0.545 e. The first-order chi connectivity index (χ1) is 12.1. The Morgan fingerprint density at radius 1 is 1.04 bits per heavy atom. The van der Waals surface area contributed by atoms with Crippen molar-refractivity contribution in [1.82, 2.24) is 4.90 Å². The van der Waals surface area contributed by atoms with Crippen molar-refractivity contribution in [3.05, 3.63) is 65.7 Å². The Kier molecular flexibility index (Phi) is 3.35. The number of carbonyl (C=O) groups is 3. The number of carboxylic acids is 1. The molecular weight excluding hydrogens is 320 g/mol. The van der Waals surface area contributed by atoms with Crippen molar-refractivity contribution in [2.45, 2.75) is 25.0 Å². The van der Waals surface area contributed by atoms with Crippen molar-refractivity contribution >= 4 is 23.5 Å². The average molecular weight is 335 g/mol. The molecule has 2 amide bonds. The first-order valence-electron chi connectivity index (χ1n) is 8.05. The summed E-state index contributed by atoms with van der Waals surface area (Å²) in [4.78, 5) is 40.2. The first-order valence-corrected chi connectivity index (χ1v) is 8.05. The Morgan fingerprint density at radius 3 is 2.44 bits per heavy atom. The predicted molar refractivity (Wildman–Crippen MR) is 87.2 cm³/mol. The van der Waals surface area contributed by atoms with Gasteiger partial charge in [-0.1, -0.05) is 42.5 Å². The number of carbonyl (C=O) groups excluding carboxylic acids is 3. The molecule has 25 heavy (non-hydrogen) atoms. The fourth-order valence-corrected chi connectivity index (χ4v) is 3.74. The van der Waals surface area contributed by atoms with Gasteiger partial charge in [0.1, 0.15) is 0 Å². The van der Waals surface area contributed by atoms with Gasteiger partial charge in [0, 0.05) is 19.4 Å². The molecule has 6 nitrogen and oxygen atoms in total. The molecule has 0 unspecified atom stereocenters. The van der Waals surface area contributed by atoms with Crippen LogP contribution in [-0.4, -0.2) is 28.3 Å². The third kappa shape index (κ3) is 2.07. The highest BCUT2D eigenvalue weighted by atomic mass is 16.4. The van der Waals surface area contributed by atoms with Crippen molar-refractivity contribution < 1.29 is 19.5 Å². The van der Waals surface area contributed by atoms with E-state index in [2.05, 4.69) is 0 Å². The molecule has 6 heteroatoms. The zero-order chi connectivity index (χ0) is 17.6. The second-order valence-corrected chi connectivity index (χ2v) is 6.23. The lowest BCUT2D eigenvalue weighted by Gasteiger charge is -2.51. The molecule has 0 aliphatic carbocycles. The van der Waals surface area contributed by atoms with Gasteiger partial charge in [-0.05, 0) is 17.7 Å². The molecule has 0 aromatic heterocycles. The van der Waals surface area contributed by atoms with Gasteiger partial charge < -0.3 is 14.8 Å². The molecule has 2 aliphatic rings. The third-order valence-electron chi connectivity index (χ3n) is 4.88. The molecule has 0 N–H and O–H groups in total. The molecule has 2 aromatic carbocycles. The van der Waals surface area contributed by atoms with Crippen LogP contribution in [0.25, 0.3) is 0 Å². The van der Waals surface area contributed by atoms with Crippen LogP contribution >= 0.6 is 0 Å². The zero-order valence-electron chi connectivity index (χ0n) is 13.3. The van der Waals surface area contributed by atoms with Gasteiger partial charge in [0.05, 0.1) is 17.2 Å². The molecule has 2 heterocycles. The van der Waals surface area contributed by atoms with E-state index in [-0.39, 0.29) is 25.3 Å². The van der Waals surface area contributed by atoms with Crippen molar-refractivity contribution in [3.8, 4) is 0 Å². The number of nitrogens with zero attached hydrogens (tertiary/aromatic N) is 2. The van der Waals surface area contributed by atoms with Gasteiger partial charge >= 0.3 is 0 Å². The Labute approximate surface area is 144 Å². The van der Waals surface area contributed by atoms with Gasteiger partial charge in [-0.25, -0.2) is 0 Å². The van der Waals surface area contributed by atoms with Crippen LogP contribution in [0.2, 0.25) is 0 Å². The highest BCUT2D eigenvalue weighted by Crippen LogP contribution is 2.44. The molecule has 0 radical (unpaired) electrons. The van der Waals surface area contributed by atoms with Crippen molar-refractivity contribution in [2.24, 2.45) is 0 Å². The molecule has 4 rings (SSSR count). The van der Waals surface area contributed by atoms with E-state index in [1.165, 1.54) is 9.80 Å². The number of para-hydroxylation sites is 1. The lowest BCUT2D eigenvalue weighted by molar-refractivity contribution is -0.318. The minimum absolute atomic E-state index is 0.0150. The van der Waals surface area contributed by atoms with Crippen LogP contribution in [0.1, 0.15) is 28.8 Å². The number of fused-ring (bicyclic) bond motifs is 3. The maximum Gasteiger partial charge on any atom is 0.258 e. The summed E-state index contributed by atoms with van der Waals surface area (Å²) in [7, 11) is 0. The van der Waals surface area contributed by atoms with Crippen molar-refractivity contribution in [1.29, 1.82) is 0 Å². The molecular formula is C19H15N2O4-. The second-order valence-electron chi connectivity index (χ2n) is 6.23. The highest BCUT2D eigenvalue weighted by Gasteiger charge is 2.57. The smallest absolute Gasteiger partial charge is 0.258 e. The summed E-state index contributed by atoms with van der Waals surface area (Å²) in [5, 5.41) is 12.2. The van der Waals surface area contributed by atoms with Crippen LogP contribution in [0.5, 0.6) is 0 Å². The van der Waals surface area contributed by atoms with Crippen LogP contribution in [0.4, 0.5) is 5.69 Å². The minimum atomic E-state index is -1.78. The quantitative estimate of drug-likeness (QED) is 0.835. The van der Waals surface area contributed by atoms with E-state index < -0.39 is 17.5 Å². The summed E-state index contributed by atoms with van der Waals surface area (Å²) in [5.41, 5.74) is -0.331. The van der Waals surface area contributed by atoms with Gasteiger partial charge in [-0.3, -0.25) is 14.5 Å². The maximum absolute atomic E-state index is 13.1. The Bertz CT molecular complexity index is 880. The standard InChI is InChI=1S/C19H16N2O4/c22-16-10-11-19(18(24)25)20(12-13-6-2-1-3-7-13)17(23)14-8-4-5-9-15(14)21(16)19/h1-9H,10-12H2,(H,24,25)/p-1/t19-/m1/s1.